The standard InChI is InChI=1S/C13H17NO/c1-9(14)11-8-4-6-10-5-2-3-7-12(10)13(11)15/h2-3,5,7,9,11H,4,6,8,14H2,1H3. The van der Waals surface area contributed by atoms with E-state index in [1.807, 2.05) is 25.1 Å². The predicted molar refractivity (Wildman–Crippen MR) is 60.8 cm³/mol. The number of aryl methyl sites for hydroxylation is 1. The van der Waals surface area contributed by atoms with Crippen molar-refractivity contribution in [2.45, 2.75) is 32.2 Å². The van der Waals surface area contributed by atoms with E-state index in [2.05, 4.69) is 6.07 Å². The number of hydrogen-bond donors (Lipinski definition) is 1. The highest BCUT2D eigenvalue weighted by Gasteiger charge is 2.27. The predicted octanol–water partition coefficient (Wildman–Crippen LogP) is 2.17. The number of benzene rings is 1. The van der Waals surface area contributed by atoms with Crippen molar-refractivity contribution < 1.29 is 4.79 Å². The van der Waals surface area contributed by atoms with Crippen LogP contribution in [-0.4, -0.2) is 11.8 Å². The molecule has 0 fully saturated rings. The highest BCUT2D eigenvalue weighted by molar-refractivity contribution is 5.99. The monoisotopic (exact) mass is 203 g/mol. The summed E-state index contributed by atoms with van der Waals surface area (Å²) in [5.41, 5.74) is 7.94. The molecule has 0 aliphatic heterocycles. The van der Waals surface area contributed by atoms with Crippen LogP contribution in [0.15, 0.2) is 24.3 Å². The molecule has 1 aliphatic carbocycles. The van der Waals surface area contributed by atoms with Gasteiger partial charge in [-0.1, -0.05) is 24.3 Å². The van der Waals surface area contributed by atoms with E-state index >= 15 is 0 Å². The Kier molecular flexibility index (Phi) is 2.87. The molecule has 0 bridgehead atoms. The minimum absolute atomic E-state index is 0.00801. The Morgan fingerprint density at radius 1 is 1.40 bits per heavy atom. The summed E-state index contributed by atoms with van der Waals surface area (Å²) in [5.74, 6) is 0.242. The van der Waals surface area contributed by atoms with E-state index in [9.17, 15) is 4.79 Å². The SMILES string of the molecule is CC(N)C1CCCc2ccccc2C1=O. The Morgan fingerprint density at radius 2 is 2.13 bits per heavy atom. The van der Waals surface area contributed by atoms with Crippen LogP contribution in [-0.2, 0) is 6.42 Å². The number of carbonyl (C=O) groups excluding carboxylic acids is 1. The van der Waals surface area contributed by atoms with Gasteiger partial charge in [-0.3, -0.25) is 4.79 Å². The van der Waals surface area contributed by atoms with Gasteiger partial charge in [0.25, 0.3) is 0 Å². The van der Waals surface area contributed by atoms with Gasteiger partial charge in [0.15, 0.2) is 5.78 Å². The molecular weight excluding hydrogens is 186 g/mol. The van der Waals surface area contributed by atoms with E-state index < -0.39 is 0 Å². The first-order chi connectivity index (χ1) is 7.20. The summed E-state index contributed by atoms with van der Waals surface area (Å²) in [7, 11) is 0. The summed E-state index contributed by atoms with van der Waals surface area (Å²) in [5, 5.41) is 0. The van der Waals surface area contributed by atoms with Crippen LogP contribution in [0.2, 0.25) is 0 Å². The summed E-state index contributed by atoms with van der Waals surface area (Å²) in [6, 6.07) is 7.87. The van der Waals surface area contributed by atoms with Crippen molar-refractivity contribution in [1.29, 1.82) is 0 Å². The second kappa shape index (κ2) is 4.15. The van der Waals surface area contributed by atoms with E-state index in [4.69, 9.17) is 5.73 Å². The molecule has 2 unspecified atom stereocenters. The van der Waals surface area contributed by atoms with Gasteiger partial charge < -0.3 is 5.73 Å². The first-order valence-corrected chi connectivity index (χ1v) is 5.58. The van der Waals surface area contributed by atoms with Gasteiger partial charge in [-0.2, -0.15) is 0 Å². The maximum Gasteiger partial charge on any atom is 0.167 e. The summed E-state index contributed by atoms with van der Waals surface area (Å²) in [6.07, 6.45) is 2.99. The van der Waals surface area contributed by atoms with Crippen LogP contribution in [0.3, 0.4) is 0 Å². The molecule has 2 nitrogen and oxygen atoms in total. The molecule has 15 heavy (non-hydrogen) atoms. The van der Waals surface area contributed by atoms with Crippen LogP contribution in [0.1, 0.15) is 35.7 Å². The van der Waals surface area contributed by atoms with Crippen LogP contribution in [0.5, 0.6) is 0 Å². The minimum atomic E-state index is -0.0383. The summed E-state index contributed by atoms with van der Waals surface area (Å²) >= 11 is 0. The lowest BCUT2D eigenvalue weighted by Crippen LogP contribution is -2.32. The third-order valence-corrected chi connectivity index (χ3v) is 3.22. The van der Waals surface area contributed by atoms with Crippen LogP contribution in [0, 0.1) is 5.92 Å². The second-order valence-electron chi connectivity index (χ2n) is 4.38. The van der Waals surface area contributed by atoms with E-state index in [1.54, 1.807) is 0 Å². The Bertz CT molecular complexity index is 371. The van der Waals surface area contributed by atoms with E-state index in [0.29, 0.717) is 0 Å². The molecule has 0 saturated heterocycles. The molecule has 0 radical (unpaired) electrons. The molecule has 1 aliphatic rings. The summed E-state index contributed by atoms with van der Waals surface area (Å²) in [6.45, 7) is 1.93. The lowest BCUT2D eigenvalue weighted by Gasteiger charge is -2.17. The molecule has 0 aromatic heterocycles. The number of rotatable bonds is 1. The third kappa shape index (κ3) is 1.95. The highest BCUT2D eigenvalue weighted by atomic mass is 16.1. The molecule has 0 heterocycles. The fourth-order valence-electron chi connectivity index (χ4n) is 2.32. The zero-order valence-electron chi connectivity index (χ0n) is 9.07. The molecule has 0 amide bonds. The first-order valence-electron chi connectivity index (χ1n) is 5.58. The molecule has 2 rings (SSSR count). The average Bonchev–Trinajstić information content (AvgIpc) is 2.39. The molecule has 2 N–H and O–H groups in total. The van der Waals surface area contributed by atoms with Gasteiger partial charge in [0.05, 0.1) is 0 Å². The average molecular weight is 203 g/mol. The van der Waals surface area contributed by atoms with Crippen LogP contribution >= 0.6 is 0 Å². The van der Waals surface area contributed by atoms with Gasteiger partial charge in [0.2, 0.25) is 0 Å². The number of carbonyl (C=O) groups is 1. The number of hydrogen-bond acceptors (Lipinski definition) is 2. The maximum absolute atomic E-state index is 12.2. The highest BCUT2D eigenvalue weighted by Crippen LogP contribution is 2.25. The summed E-state index contributed by atoms with van der Waals surface area (Å²) in [4.78, 5) is 12.2. The Hall–Kier alpha value is -1.15. The lowest BCUT2D eigenvalue weighted by atomic mass is 9.90. The van der Waals surface area contributed by atoms with E-state index in [1.165, 1.54) is 5.56 Å². The van der Waals surface area contributed by atoms with Crippen LogP contribution in [0.25, 0.3) is 0 Å². The molecule has 0 saturated carbocycles. The molecule has 2 heteroatoms. The number of nitrogens with two attached hydrogens (primary N) is 1. The molecule has 1 aromatic rings. The topological polar surface area (TPSA) is 43.1 Å². The number of Topliss-reactive ketones (excluding diaryl/α,β-unsaturated/α-hetero) is 1. The first kappa shape index (κ1) is 10.4. The zero-order valence-corrected chi connectivity index (χ0v) is 9.07. The van der Waals surface area contributed by atoms with Gasteiger partial charge >= 0.3 is 0 Å². The Labute approximate surface area is 90.5 Å². The molecule has 0 spiro atoms. The lowest BCUT2D eigenvalue weighted by molar-refractivity contribution is 0.0901. The van der Waals surface area contributed by atoms with E-state index in [-0.39, 0.29) is 17.7 Å². The quantitative estimate of drug-likeness (QED) is 0.711. The normalized spacial score (nSPS) is 23.1. The van der Waals surface area contributed by atoms with Gasteiger partial charge in [-0.05, 0) is 31.7 Å². The van der Waals surface area contributed by atoms with Crippen molar-refractivity contribution in [3.8, 4) is 0 Å². The van der Waals surface area contributed by atoms with E-state index in [0.717, 1.165) is 24.8 Å². The van der Waals surface area contributed by atoms with Gasteiger partial charge in [0.1, 0.15) is 0 Å². The number of fused-ring (bicyclic) bond motifs is 1. The largest absolute Gasteiger partial charge is 0.327 e. The zero-order chi connectivity index (χ0) is 10.8. The fraction of sp³-hybridized carbons (Fsp3) is 0.462. The number of ketones is 1. The minimum Gasteiger partial charge on any atom is -0.327 e. The van der Waals surface area contributed by atoms with Gasteiger partial charge in [-0.25, -0.2) is 0 Å². The van der Waals surface area contributed by atoms with Crippen molar-refractivity contribution in [2.75, 3.05) is 0 Å². The van der Waals surface area contributed by atoms with Gasteiger partial charge in [0, 0.05) is 17.5 Å². The van der Waals surface area contributed by atoms with Crippen molar-refractivity contribution in [2.24, 2.45) is 11.7 Å². The van der Waals surface area contributed by atoms with Gasteiger partial charge in [-0.15, -0.1) is 0 Å². The maximum atomic E-state index is 12.2. The third-order valence-electron chi connectivity index (χ3n) is 3.22. The van der Waals surface area contributed by atoms with Crippen LogP contribution in [0.4, 0.5) is 0 Å². The molecular formula is C13H17NO. The van der Waals surface area contributed by atoms with Crippen molar-refractivity contribution in [3.05, 3.63) is 35.4 Å². The molecule has 2 atom stereocenters. The van der Waals surface area contributed by atoms with Crippen molar-refractivity contribution in [1.82, 2.24) is 0 Å². The molecule has 80 valence electrons. The fourth-order valence-corrected chi connectivity index (χ4v) is 2.32. The smallest absolute Gasteiger partial charge is 0.167 e. The van der Waals surface area contributed by atoms with Crippen molar-refractivity contribution in [3.63, 3.8) is 0 Å². The van der Waals surface area contributed by atoms with Crippen LogP contribution < -0.4 is 5.73 Å². The Morgan fingerprint density at radius 3 is 2.87 bits per heavy atom. The Balaban J connectivity index is 2.39. The summed E-state index contributed by atoms with van der Waals surface area (Å²) < 4.78 is 0. The second-order valence-corrected chi connectivity index (χ2v) is 4.38. The van der Waals surface area contributed by atoms with Crippen molar-refractivity contribution >= 4 is 5.78 Å². The molecule has 1 aromatic carbocycles.